The Kier molecular flexibility index (Phi) is 4.99. The normalized spacial score (nSPS) is 21.0. The molecule has 0 aromatic carbocycles. The maximum Gasteiger partial charge on any atom is 0.253 e. The number of pyridine rings is 1. The summed E-state index contributed by atoms with van der Waals surface area (Å²) < 4.78 is 0. The van der Waals surface area contributed by atoms with Crippen molar-refractivity contribution in [2.45, 2.75) is 25.8 Å². The van der Waals surface area contributed by atoms with E-state index >= 15 is 0 Å². The van der Waals surface area contributed by atoms with Crippen molar-refractivity contribution in [2.75, 3.05) is 18.0 Å². The summed E-state index contributed by atoms with van der Waals surface area (Å²) in [6.45, 7) is 2.84. The van der Waals surface area contributed by atoms with E-state index in [1.165, 1.54) is 6.20 Å². The molecule has 0 radical (unpaired) electrons. The molecule has 2 rings (SSSR count). The molecule has 2 atom stereocenters. The van der Waals surface area contributed by atoms with Crippen molar-refractivity contribution in [2.24, 2.45) is 11.7 Å². The number of hydrogen-bond donors (Lipinski definition) is 2. The average Bonchev–Trinajstić information content (AvgIpc) is 2.53. The van der Waals surface area contributed by atoms with Gasteiger partial charge in [0.05, 0.1) is 18.0 Å². The number of nitrogens with two attached hydrogens (primary N) is 1. The number of amides is 2. The van der Waals surface area contributed by atoms with E-state index in [4.69, 9.17) is 12.2 Å². The molecular weight excluding hydrogens is 280 g/mol. The second-order valence-corrected chi connectivity index (χ2v) is 5.47. The Balaban J connectivity index is 2.10. The van der Waals surface area contributed by atoms with Gasteiger partial charge < -0.3 is 16.0 Å². The van der Waals surface area contributed by atoms with Gasteiger partial charge in [0.15, 0.2) is 0 Å². The van der Waals surface area contributed by atoms with E-state index in [0.717, 1.165) is 18.7 Å². The minimum atomic E-state index is -0.276. The van der Waals surface area contributed by atoms with Crippen LogP contribution in [0.3, 0.4) is 0 Å². The number of anilines is 1. The Morgan fingerprint density at radius 2 is 2.27 bits per heavy atom. The molecular formula is C16H20N4O2. The summed E-state index contributed by atoms with van der Waals surface area (Å²) in [4.78, 5) is 29.6. The quantitative estimate of drug-likeness (QED) is 0.794. The summed E-state index contributed by atoms with van der Waals surface area (Å²) in [6, 6.07) is 3.77. The summed E-state index contributed by atoms with van der Waals surface area (Å²) in [5.74, 6) is 2.41. The molecule has 22 heavy (non-hydrogen) atoms. The van der Waals surface area contributed by atoms with Gasteiger partial charge in [0, 0.05) is 18.8 Å². The fourth-order valence-electron chi connectivity index (χ4n) is 2.58. The molecule has 0 saturated carbocycles. The molecule has 3 N–H and O–H groups in total. The number of carbonyl (C=O) groups is 2. The van der Waals surface area contributed by atoms with Crippen LogP contribution in [0.4, 0.5) is 5.82 Å². The number of terminal acetylenes is 1. The van der Waals surface area contributed by atoms with E-state index in [1.54, 1.807) is 12.1 Å². The molecule has 1 saturated heterocycles. The summed E-state index contributed by atoms with van der Waals surface area (Å²) in [5.41, 5.74) is 5.86. The first kappa shape index (κ1) is 15.8. The molecule has 1 aliphatic heterocycles. The van der Waals surface area contributed by atoms with Crippen LogP contribution in [0.2, 0.25) is 0 Å². The standard InChI is InChI=1S/C16H20N4O2/c1-3-8-18-16(22)12-6-7-14(19-9-12)20-10-13(15(17)21)5-4-11(20)2/h1,6-7,9,11,13H,4-5,8,10H2,2H3,(H2,17,21)(H,18,22). The third-order valence-corrected chi connectivity index (χ3v) is 3.94. The van der Waals surface area contributed by atoms with Crippen LogP contribution >= 0.6 is 0 Å². The maximum atomic E-state index is 11.8. The predicted molar refractivity (Wildman–Crippen MR) is 84.1 cm³/mol. The van der Waals surface area contributed by atoms with Crippen LogP contribution in [0, 0.1) is 18.3 Å². The lowest BCUT2D eigenvalue weighted by Gasteiger charge is -2.37. The molecule has 0 spiro atoms. The summed E-state index contributed by atoms with van der Waals surface area (Å²) in [7, 11) is 0. The van der Waals surface area contributed by atoms with Crippen molar-refractivity contribution in [3.8, 4) is 12.3 Å². The van der Waals surface area contributed by atoms with Gasteiger partial charge >= 0.3 is 0 Å². The van der Waals surface area contributed by atoms with E-state index in [9.17, 15) is 9.59 Å². The van der Waals surface area contributed by atoms with Gasteiger partial charge in [-0.2, -0.15) is 0 Å². The first-order chi connectivity index (χ1) is 10.5. The molecule has 0 bridgehead atoms. The van der Waals surface area contributed by atoms with Gasteiger partial charge in [-0.05, 0) is 31.9 Å². The monoisotopic (exact) mass is 300 g/mol. The largest absolute Gasteiger partial charge is 0.369 e. The van der Waals surface area contributed by atoms with Gasteiger partial charge in [0.2, 0.25) is 5.91 Å². The number of piperidine rings is 1. The van der Waals surface area contributed by atoms with Gasteiger partial charge in [0.1, 0.15) is 5.82 Å². The Morgan fingerprint density at radius 1 is 1.50 bits per heavy atom. The van der Waals surface area contributed by atoms with Crippen LogP contribution in [0.1, 0.15) is 30.1 Å². The van der Waals surface area contributed by atoms with Crippen molar-refractivity contribution < 1.29 is 9.59 Å². The van der Waals surface area contributed by atoms with Crippen LogP contribution in [-0.4, -0.2) is 35.9 Å². The Labute approximate surface area is 130 Å². The van der Waals surface area contributed by atoms with Gasteiger partial charge in [0.25, 0.3) is 5.91 Å². The van der Waals surface area contributed by atoms with Crippen LogP contribution in [0.5, 0.6) is 0 Å². The molecule has 1 aromatic heterocycles. The van der Waals surface area contributed by atoms with E-state index in [2.05, 4.69) is 28.0 Å². The molecule has 116 valence electrons. The third-order valence-electron chi connectivity index (χ3n) is 3.94. The minimum absolute atomic E-state index is 0.156. The van der Waals surface area contributed by atoms with Crippen LogP contribution in [-0.2, 0) is 4.79 Å². The number of rotatable bonds is 4. The van der Waals surface area contributed by atoms with Crippen LogP contribution < -0.4 is 16.0 Å². The fraction of sp³-hybridized carbons (Fsp3) is 0.438. The van der Waals surface area contributed by atoms with Crippen molar-refractivity contribution in [1.29, 1.82) is 0 Å². The first-order valence-corrected chi connectivity index (χ1v) is 7.26. The first-order valence-electron chi connectivity index (χ1n) is 7.26. The average molecular weight is 300 g/mol. The second kappa shape index (κ2) is 6.94. The lowest BCUT2D eigenvalue weighted by Crippen LogP contribution is -2.46. The maximum absolute atomic E-state index is 11.8. The van der Waals surface area contributed by atoms with E-state index < -0.39 is 0 Å². The SMILES string of the molecule is C#CCNC(=O)c1ccc(N2CC(C(N)=O)CCC2C)nc1. The number of nitrogens with zero attached hydrogens (tertiary/aromatic N) is 2. The van der Waals surface area contributed by atoms with Gasteiger partial charge in [-0.3, -0.25) is 9.59 Å². The van der Waals surface area contributed by atoms with Crippen molar-refractivity contribution >= 4 is 17.6 Å². The predicted octanol–water partition coefficient (Wildman–Crippen LogP) is 0.535. The molecule has 6 nitrogen and oxygen atoms in total. The summed E-state index contributed by atoms with van der Waals surface area (Å²) in [5, 5.41) is 2.59. The second-order valence-electron chi connectivity index (χ2n) is 5.47. The zero-order valence-electron chi connectivity index (χ0n) is 12.6. The number of aromatic nitrogens is 1. The van der Waals surface area contributed by atoms with Gasteiger partial charge in [-0.15, -0.1) is 6.42 Å². The fourth-order valence-corrected chi connectivity index (χ4v) is 2.58. The third kappa shape index (κ3) is 3.55. The smallest absolute Gasteiger partial charge is 0.253 e. The van der Waals surface area contributed by atoms with Gasteiger partial charge in [-0.1, -0.05) is 5.92 Å². The van der Waals surface area contributed by atoms with Gasteiger partial charge in [-0.25, -0.2) is 4.98 Å². The lowest BCUT2D eigenvalue weighted by atomic mass is 9.93. The topological polar surface area (TPSA) is 88.3 Å². The highest BCUT2D eigenvalue weighted by atomic mass is 16.2. The zero-order valence-corrected chi connectivity index (χ0v) is 12.6. The Hall–Kier alpha value is -2.55. The zero-order chi connectivity index (χ0) is 16.1. The van der Waals surface area contributed by atoms with E-state index in [-0.39, 0.29) is 30.3 Å². The number of primary amides is 1. The highest BCUT2D eigenvalue weighted by molar-refractivity contribution is 5.94. The molecule has 2 heterocycles. The summed E-state index contributed by atoms with van der Waals surface area (Å²) in [6.07, 6.45) is 8.31. The number of carbonyl (C=O) groups excluding carboxylic acids is 2. The highest BCUT2D eigenvalue weighted by Crippen LogP contribution is 2.26. The molecule has 2 unspecified atom stereocenters. The highest BCUT2D eigenvalue weighted by Gasteiger charge is 2.29. The van der Waals surface area contributed by atoms with Crippen molar-refractivity contribution in [3.63, 3.8) is 0 Å². The van der Waals surface area contributed by atoms with Crippen molar-refractivity contribution in [1.82, 2.24) is 10.3 Å². The molecule has 0 aliphatic carbocycles. The molecule has 1 fully saturated rings. The number of nitrogens with one attached hydrogen (secondary N) is 1. The number of hydrogen-bond acceptors (Lipinski definition) is 4. The molecule has 2 amide bonds. The Morgan fingerprint density at radius 3 is 2.86 bits per heavy atom. The van der Waals surface area contributed by atoms with Crippen molar-refractivity contribution in [3.05, 3.63) is 23.9 Å². The van der Waals surface area contributed by atoms with Crippen LogP contribution in [0.25, 0.3) is 0 Å². The Bertz CT molecular complexity index is 591. The van der Waals surface area contributed by atoms with E-state index in [0.29, 0.717) is 12.1 Å². The van der Waals surface area contributed by atoms with Crippen LogP contribution in [0.15, 0.2) is 18.3 Å². The van der Waals surface area contributed by atoms with E-state index in [1.807, 2.05) is 0 Å². The molecule has 1 aromatic rings. The summed E-state index contributed by atoms with van der Waals surface area (Å²) >= 11 is 0. The molecule has 6 heteroatoms. The molecule has 1 aliphatic rings. The minimum Gasteiger partial charge on any atom is -0.369 e. The lowest BCUT2D eigenvalue weighted by molar-refractivity contribution is -0.122.